The van der Waals surface area contributed by atoms with Gasteiger partial charge in [0.1, 0.15) is 6.61 Å². The molecule has 2 aromatic carbocycles. The minimum Gasteiger partial charge on any atom is -0.481 e. The van der Waals surface area contributed by atoms with Gasteiger partial charge in [0.15, 0.2) is 0 Å². The fourth-order valence-corrected chi connectivity index (χ4v) is 3.18. The summed E-state index contributed by atoms with van der Waals surface area (Å²) < 4.78 is 5.44. The van der Waals surface area contributed by atoms with Crippen LogP contribution >= 0.6 is 0 Å². The molecule has 0 spiro atoms. The van der Waals surface area contributed by atoms with E-state index in [2.05, 4.69) is 29.6 Å². The van der Waals surface area contributed by atoms with Crippen molar-refractivity contribution in [1.82, 2.24) is 5.32 Å². The van der Waals surface area contributed by atoms with Gasteiger partial charge >= 0.3 is 12.1 Å². The number of hydrogen-bond acceptors (Lipinski definition) is 3. The molecule has 5 heteroatoms. The quantitative estimate of drug-likeness (QED) is 0.851. The number of benzene rings is 2. The third kappa shape index (κ3) is 3.17. The van der Waals surface area contributed by atoms with Crippen molar-refractivity contribution in [2.75, 3.05) is 6.61 Å². The molecule has 0 heterocycles. The van der Waals surface area contributed by atoms with Crippen molar-refractivity contribution in [3.63, 3.8) is 0 Å². The lowest BCUT2D eigenvalue weighted by molar-refractivity contribution is -0.148. The Balaban J connectivity index is 1.70. The highest BCUT2D eigenvalue weighted by molar-refractivity contribution is 5.79. The lowest BCUT2D eigenvalue weighted by atomic mass is 9.86. The van der Waals surface area contributed by atoms with Gasteiger partial charge < -0.3 is 15.2 Å². The summed E-state index contributed by atoms with van der Waals surface area (Å²) in [5.41, 5.74) is 3.53. The van der Waals surface area contributed by atoms with E-state index >= 15 is 0 Å². The van der Waals surface area contributed by atoms with Crippen molar-refractivity contribution >= 4 is 12.1 Å². The molecule has 0 saturated heterocycles. The Kier molecular flexibility index (Phi) is 4.72. The molecule has 1 amide bonds. The second-order valence-electron chi connectivity index (χ2n) is 7.22. The Hall–Kier alpha value is -2.82. The van der Waals surface area contributed by atoms with Crippen LogP contribution in [0.3, 0.4) is 0 Å². The third-order valence-electron chi connectivity index (χ3n) is 5.31. The van der Waals surface area contributed by atoms with Crippen molar-refractivity contribution in [3.05, 3.63) is 59.7 Å². The molecule has 0 fully saturated rings. The number of fused-ring (bicyclic) bond motifs is 3. The summed E-state index contributed by atoms with van der Waals surface area (Å²) in [6.45, 7) is 5.02. The summed E-state index contributed by atoms with van der Waals surface area (Å²) in [4.78, 5) is 23.5. The fraction of sp³-hybridized carbons (Fsp3) is 0.333. The van der Waals surface area contributed by atoms with Gasteiger partial charge in [-0.3, -0.25) is 4.79 Å². The van der Waals surface area contributed by atoms with Crippen molar-refractivity contribution in [2.24, 2.45) is 5.41 Å². The van der Waals surface area contributed by atoms with E-state index in [9.17, 15) is 14.7 Å². The average Bonchev–Trinajstić information content (AvgIpc) is 2.94. The van der Waals surface area contributed by atoms with Crippen LogP contribution in [-0.2, 0) is 9.53 Å². The highest BCUT2D eigenvalue weighted by Crippen LogP contribution is 2.44. The number of hydrogen-bond donors (Lipinski definition) is 2. The predicted octanol–water partition coefficient (Wildman–Crippen LogP) is 4.02. The first-order chi connectivity index (χ1) is 12.3. The third-order valence-corrected chi connectivity index (χ3v) is 5.31. The topological polar surface area (TPSA) is 75.6 Å². The van der Waals surface area contributed by atoms with Crippen LogP contribution in [0.15, 0.2) is 48.5 Å². The Morgan fingerprint density at radius 3 is 2.08 bits per heavy atom. The summed E-state index contributed by atoms with van der Waals surface area (Å²) in [5, 5.41) is 11.9. The smallest absolute Gasteiger partial charge is 0.407 e. The Morgan fingerprint density at radius 2 is 1.58 bits per heavy atom. The van der Waals surface area contributed by atoms with E-state index in [0.29, 0.717) is 0 Å². The maximum atomic E-state index is 12.2. The van der Waals surface area contributed by atoms with Gasteiger partial charge in [-0.1, -0.05) is 48.5 Å². The molecule has 1 aliphatic rings. The summed E-state index contributed by atoms with van der Waals surface area (Å²) in [6, 6.07) is 15.7. The van der Waals surface area contributed by atoms with Crippen molar-refractivity contribution in [1.29, 1.82) is 0 Å². The monoisotopic (exact) mass is 353 g/mol. The molecule has 1 atom stereocenters. The van der Waals surface area contributed by atoms with Gasteiger partial charge in [-0.15, -0.1) is 0 Å². The van der Waals surface area contributed by atoms with Crippen LogP contribution in [0.25, 0.3) is 11.1 Å². The van der Waals surface area contributed by atoms with Gasteiger partial charge in [0.25, 0.3) is 0 Å². The first kappa shape index (κ1) is 18.0. The molecule has 0 aromatic heterocycles. The van der Waals surface area contributed by atoms with Crippen LogP contribution in [0.4, 0.5) is 4.79 Å². The maximum absolute atomic E-state index is 12.2. The molecule has 136 valence electrons. The molecule has 0 bridgehead atoms. The largest absolute Gasteiger partial charge is 0.481 e. The number of nitrogens with one attached hydrogen (secondary N) is 1. The van der Waals surface area contributed by atoms with Gasteiger partial charge in [0.2, 0.25) is 0 Å². The molecule has 1 aliphatic carbocycles. The van der Waals surface area contributed by atoms with Gasteiger partial charge in [-0.2, -0.15) is 0 Å². The minimum atomic E-state index is -1.08. The van der Waals surface area contributed by atoms with E-state index in [4.69, 9.17) is 4.74 Å². The van der Waals surface area contributed by atoms with E-state index in [1.807, 2.05) is 24.3 Å². The number of carbonyl (C=O) groups is 2. The highest BCUT2D eigenvalue weighted by Gasteiger charge is 2.35. The number of carbonyl (C=O) groups excluding carboxylic acids is 1. The number of carboxylic acid groups (broad SMARTS) is 1. The predicted molar refractivity (Wildman–Crippen MR) is 99.1 cm³/mol. The molecule has 5 nitrogen and oxygen atoms in total. The number of alkyl carbamates (subject to hydrolysis) is 1. The molecule has 0 aliphatic heterocycles. The lowest BCUT2D eigenvalue weighted by Crippen LogP contribution is -2.47. The fourth-order valence-electron chi connectivity index (χ4n) is 3.18. The SMILES string of the molecule is C[C@@H](NC(=O)OCC1c2ccccc2-c2ccccc21)C(C)(C)C(=O)O. The summed E-state index contributed by atoms with van der Waals surface area (Å²) in [5.74, 6) is -0.986. The molecule has 2 N–H and O–H groups in total. The van der Waals surface area contributed by atoms with Crippen molar-refractivity contribution in [2.45, 2.75) is 32.7 Å². The molecule has 0 radical (unpaired) electrons. The molecule has 0 unspecified atom stereocenters. The van der Waals surface area contributed by atoms with Crippen LogP contribution in [0.5, 0.6) is 0 Å². The van der Waals surface area contributed by atoms with Crippen LogP contribution in [0, 0.1) is 5.41 Å². The van der Waals surface area contributed by atoms with Gasteiger partial charge in [0.05, 0.1) is 5.41 Å². The standard InChI is InChI=1S/C21H23NO4/c1-13(21(2,3)19(23)24)22-20(25)26-12-18-16-10-6-4-8-14(16)15-9-5-7-11-17(15)18/h4-11,13,18H,12H2,1-3H3,(H,22,25)(H,23,24)/t13-/m1/s1. The van der Waals surface area contributed by atoms with E-state index in [1.54, 1.807) is 20.8 Å². The van der Waals surface area contributed by atoms with Crippen molar-refractivity contribution in [3.8, 4) is 11.1 Å². The normalized spacial score (nSPS) is 14.3. The second-order valence-corrected chi connectivity index (χ2v) is 7.22. The first-order valence-electron chi connectivity index (χ1n) is 8.67. The molecule has 3 rings (SSSR count). The maximum Gasteiger partial charge on any atom is 0.407 e. The van der Waals surface area contributed by atoms with E-state index < -0.39 is 23.5 Å². The molecule has 26 heavy (non-hydrogen) atoms. The Bertz CT molecular complexity index is 798. The summed E-state index contributed by atoms with van der Waals surface area (Å²) in [7, 11) is 0. The lowest BCUT2D eigenvalue weighted by Gasteiger charge is -2.27. The number of rotatable bonds is 5. The summed E-state index contributed by atoms with van der Waals surface area (Å²) >= 11 is 0. The number of aliphatic carboxylic acids is 1. The van der Waals surface area contributed by atoms with Gasteiger partial charge in [-0.25, -0.2) is 4.79 Å². The van der Waals surface area contributed by atoms with E-state index in [-0.39, 0.29) is 12.5 Å². The minimum absolute atomic E-state index is 0.0176. The van der Waals surface area contributed by atoms with Gasteiger partial charge in [-0.05, 0) is 43.0 Å². The van der Waals surface area contributed by atoms with Crippen LogP contribution in [-0.4, -0.2) is 29.8 Å². The first-order valence-corrected chi connectivity index (χ1v) is 8.67. The van der Waals surface area contributed by atoms with Crippen LogP contribution < -0.4 is 5.32 Å². The average molecular weight is 353 g/mol. The van der Waals surface area contributed by atoms with E-state index in [1.165, 1.54) is 0 Å². The van der Waals surface area contributed by atoms with Gasteiger partial charge in [0, 0.05) is 12.0 Å². The second kappa shape index (κ2) is 6.83. The zero-order chi connectivity index (χ0) is 18.9. The number of ether oxygens (including phenoxy) is 1. The Morgan fingerprint density at radius 1 is 1.08 bits per heavy atom. The molecule has 0 saturated carbocycles. The van der Waals surface area contributed by atoms with Crippen LogP contribution in [0.2, 0.25) is 0 Å². The summed E-state index contributed by atoms with van der Waals surface area (Å²) in [6.07, 6.45) is -0.603. The number of amides is 1. The highest BCUT2D eigenvalue weighted by atomic mass is 16.5. The molecular formula is C21H23NO4. The van der Waals surface area contributed by atoms with E-state index in [0.717, 1.165) is 22.3 Å². The van der Waals surface area contributed by atoms with Crippen LogP contribution in [0.1, 0.15) is 37.8 Å². The Labute approximate surface area is 153 Å². The zero-order valence-electron chi connectivity index (χ0n) is 15.2. The zero-order valence-corrected chi connectivity index (χ0v) is 15.2. The molecule has 2 aromatic rings. The number of carboxylic acids is 1. The van der Waals surface area contributed by atoms with Crippen molar-refractivity contribution < 1.29 is 19.4 Å². The molecular weight excluding hydrogens is 330 g/mol.